The maximum absolute atomic E-state index is 12.2. The van der Waals surface area contributed by atoms with E-state index in [2.05, 4.69) is 88.9 Å². The number of para-hydroxylation sites is 1. The fourth-order valence-electron chi connectivity index (χ4n) is 6.52. The van der Waals surface area contributed by atoms with Gasteiger partial charge in [0.05, 0.1) is 31.4 Å². The van der Waals surface area contributed by atoms with Crippen LogP contribution in [0, 0.1) is 30.7 Å². The molecule has 0 aliphatic carbocycles. The van der Waals surface area contributed by atoms with Crippen LogP contribution in [0.15, 0.2) is 70.8 Å². The molecular formula is C42H51F3IrNO3Si-. The van der Waals surface area contributed by atoms with Gasteiger partial charge in [0.2, 0.25) is 0 Å². The van der Waals surface area contributed by atoms with Crippen LogP contribution < -0.4 is 5.19 Å². The summed E-state index contributed by atoms with van der Waals surface area (Å²) in [6.45, 7) is 19.1. The molecule has 0 spiro atoms. The molecule has 5 aromatic rings. The zero-order valence-corrected chi connectivity index (χ0v) is 34.6. The van der Waals surface area contributed by atoms with Gasteiger partial charge in [0.25, 0.3) is 0 Å². The molecule has 1 N–H and O–H groups in total. The number of fused-ring (bicyclic) bond motifs is 4. The number of carbonyl (C=O) groups is 1. The van der Waals surface area contributed by atoms with Crippen molar-refractivity contribution in [1.29, 1.82) is 0 Å². The summed E-state index contributed by atoms with van der Waals surface area (Å²) in [4.78, 5) is 16.8. The first-order valence-corrected chi connectivity index (χ1v) is 21.2. The third-order valence-electron chi connectivity index (χ3n) is 9.19. The molecule has 4 nitrogen and oxygen atoms in total. The monoisotopic (exact) mass is 895 g/mol. The van der Waals surface area contributed by atoms with Gasteiger partial charge in [-0.05, 0) is 66.4 Å². The Labute approximate surface area is 315 Å². The number of rotatable bonds is 11. The first kappa shape index (κ1) is 42.2. The van der Waals surface area contributed by atoms with Gasteiger partial charge in [0.1, 0.15) is 5.58 Å². The second-order valence-electron chi connectivity index (χ2n) is 14.8. The van der Waals surface area contributed by atoms with E-state index in [1.165, 1.54) is 23.1 Å². The number of aliphatic hydroxyl groups is 1. The molecule has 0 fully saturated rings. The number of aromatic nitrogens is 1. The number of nitrogens with zero attached hydrogens (tertiary/aromatic N) is 1. The zero-order chi connectivity index (χ0) is 37.0. The number of hydrogen-bond donors (Lipinski definition) is 1. The number of aryl methyl sites for hydroxylation is 1. The Balaban J connectivity index is 0.000000319. The smallest absolute Gasteiger partial charge is 0.389 e. The number of aliphatic hydroxyl groups excluding tert-OH is 1. The van der Waals surface area contributed by atoms with E-state index in [0.717, 1.165) is 56.8 Å². The number of alkyl halides is 3. The molecule has 0 bridgehead atoms. The maximum atomic E-state index is 12.2. The molecule has 5 rings (SSSR count). The molecule has 1 unspecified atom stereocenters. The van der Waals surface area contributed by atoms with Gasteiger partial charge in [-0.25, -0.2) is 0 Å². The van der Waals surface area contributed by atoms with Gasteiger partial charge < -0.3 is 9.52 Å². The van der Waals surface area contributed by atoms with Crippen molar-refractivity contribution in [3.8, 4) is 11.3 Å². The predicted molar refractivity (Wildman–Crippen MR) is 204 cm³/mol. The van der Waals surface area contributed by atoms with Crippen molar-refractivity contribution in [2.24, 2.45) is 17.8 Å². The molecule has 51 heavy (non-hydrogen) atoms. The molecule has 3 aromatic carbocycles. The Morgan fingerprint density at radius 3 is 2.18 bits per heavy atom. The van der Waals surface area contributed by atoms with E-state index in [0.29, 0.717) is 18.8 Å². The van der Waals surface area contributed by atoms with E-state index in [9.17, 15) is 23.1 Å². The molecule has 0 saturated carbocycles. The van der Waals surface area contributed by atoms with Crippen LogP contribution in [0.1, 0.15) is 71.4 Å². The Hall–Kier alpha value is -3.26. The van der Waals surface area contributed by atoms with E-state index < -0.39 is 32.4 Å². The van der Waals surface area contributed by atoms with Gasteiger partial charge in [-0.2, -0.15) is 13.2 Å². The minimum Gasteiger partial charge on any atom is -0.512 e. The summed E-state index contributed by atoms with van der Waals surface area (Å²) in [5.74, 6) is -1.36. The summed E-state index contributed by atoms with van der Waals surface area (Å²) in [6.07, 6.45) is -2.00. The Kier molecular flexibility index (Phi) is 14.5. The fraction of sp³-hybridized carbons (Fsp3) is 0.429. The predicted octanol–water partition coefficient (Wildman–Crippen LogP) is 12.1. The summed E-state index contributed by atoms with van der Waals surface area (Å²) >= 11 is 0. The molecule has 1 radical (unpaired) electrons. The maximum Gasteiger partial charge on any atom is 0.389 e. The van der Waals surface area contributed by atoms with E-state index in [1.54, 1.807) is 0 Å². The second-order valence-corrected chi connectivity index (χ2v) is 19.9. The average molecular weight is 895 g/mol. The third kappa shape index (κ3) is 10.6. The summed E-state index contributed by atoms with van der Waals surface area (Å²) in [6, 6.07) is 23.1. The zero-order valence-electron chi connectivity index (χ0n) is 31.2. The molecule has 0 aliphatic heterocycles. The van der Waals surface area contributed by atoms with E-state index in [1.807, 2.05) is 26.0 Å². The van der Waals surface area contributed by atoms with Crippen LogP contribution in [-0.2, 0) is 31.3 Å². The standard InChI is InChI=1S/C29H30NOSi.C13H21F3O2.Ir/c1-18(2)13-20-11-12-25-23(16-20)28(32(4,5)6)17-26(30-25)24-15-19(3)14-22-21-9-7-8-10-27(21)31-29(22)24;1-4-9(5-2)11(17)7-12(18)10(6-3)8-13(14,15)16;/h7-12,14,16-18H,13H2,1-6H3;7,9-10,17H,4-6,8H2,1-3H3;/q-1;;/b;11-7-;. The third-order valence-corrected chi connectivity index (χ3v) is 11.2. The van der Waals surface area contributed by atoms with Gasteiger partial charge in [-0.15, -0.1) is 17.7 Å². The van der Waals surface area contributed by atoms with Crippen LogP contribution in [0.5, 0.6) is 0 Å². The van der Waals surface area contributed by atoms with Crippen molar-refractivity contribution in [2.45, 2.75) is 99.5 Å². The van der Waals surface area contributed by atoms with Crippen molar-refractivity contribution >= 4 is 51.9 Å². The van der Waals surface area contributed by atoms with Crippen LogP contribution >= 0.6 is 0 Å². The molecule has 9 heteroatoms. The first-order chi connectivity index (χ1) is 23.4. The van der Waals surface area contributed by atoms with Crippen LogP contribution in [0.2, 0.25) is 19.6 Å². The first-order valence-electron chi connectivity index (χ1n) is 17.7. The van der Waals surface area contributed by atoms with Crippen LogP contribution in [-0.4, -0.2) is 30.1 Å². The number of benzene rings is 3. The number of furan rings is 1. The van der Waals surface area contributed by atoms with Crippen molar-refractivity contribution in [3.05, 3.63) is 83.6 Å². The molecule has 277 valence electrons. The molecule has 2 heterocycles. The summed E-state index contributed by atoms with van der Waals surface area (Å²) < 4.78 is 43.1. The van der Waals surface area contributed by atoms with Crippen molar-refractivity contribution in [1.82, 2.24) is 4.98 Å². The van der Waals surface area contributed by atoms with Crippen LogP contribution in [0.3, 0.4) is 0 Å². The quantitative estimate of drug-likeness (QED) is 0.0621. The van der Waals surface area contributed by atoms with Gasteiger partial charge in [0, 0.05) is 43.4 Å². The Bertz CT molecular complexity index is 1990. The topological polar surface area (TPSA) is 63.3 Å². The number of carbonyl (C=O) groups excluding carboxylic acids is 1. The summed E-state index contributed by atoms with van der Waals surface area (Å²) in [5.41, 5.74) is 7.26. The largest absolute Gasteiger partial charge is 0.512 e. The number of ketones is 1. The van der Waals surface area contributed by atoms with Crippen LogP contribution in [0.25, 0.3) is 44.1 Å². The molecule has 0 aliphatic rings. The normalized spacial score (nSPS) is 13.1. The Morgan fingerprint density at radius 2 is 1.59 bits per heavy atom. The minimum atomic E-state index is -4.35. The van der Waals surface area contributed by atoms with E-state index in [4.69, 9.17) is 9.40 Å². The number of pyridine rings is 1. The van der Waals surface area contributed by atoms with Crippen molar-refractivity contribution < 1.29 is 47.6 Å². The summed E-state index contributed by atoms with van der Waals surface area (Å²) in [7, 11) is -1.62. The van der Waals surface area contributed by atoms with Gasteiger partial charge in [-0.1, -0.05) is 108 Å². The van der Waals surface area contributed by atoms with Crippen molar-refractivity contribution in [3.63, 3.8) is 0 Å². The average Bonchev–Trinajstić information content (AvgIpc) is 3.41. The molecule has 0 amide bonds. The number of hydrogen-bond acceptors (Lipinski definition) is 4. The van der Waals surface area contributed by atoms with Gasteiger partial charge >= 0.3 is 6.18 Å². The molecule has 0 saturated heterocycles. The number of allylic oxidation sites excluding steroid dienone is 2. The number of halogens is 3. The second kappa shape index (κ2) is 17.5. The van der Waals surface area contributed by atoms with E-state index in [-0.39, 0.29) is 38.2 Å². The molecular weight excluding hydrogens is 844 g/mol. The Morgan fingerprint density at radius 1 is 0.941 bits per heavy atom. The molecule has 2 aromatic heterocycles. The van der Waals surface area contributed by atoms with Gasteiger partial charge in [-0.3, -0.25) is 9.78 Å². The van der Waals surface area contributed by atoms with E-state index >= 15 is 0 Å². The fourth-order valence-corrected chi connectivity index (χ4v) is 8.09. The van der Waals surface area contributed by atoms with Crippen molar-refractivity contribution in [2.75, 3.05) is 0 Å². The minimum absolute atomic E-state index is 0. The van der Waals surface area contributed by atoms with Gasteiger partial charge in [0.15, 0.2) is 5.78 Å². The van der Waals surface area contributed by atoms with Crippen LogP contribution in [0.4, 0.5) is 13.2 Å². The molecule has 1 atom stereocenters. The SMILES string of the molecule is CCC(CC(F)(F)F)C(=O)/C=C(\O)C(CC)CC.Cc1[c-]c(-c2cc([Si](C)(C)C)c3cc(CC(C)C)ccc3n2)c2oc3ccccc3c2c1.[Ir]. The summed E-state index contributed by atoms with van der Waals surface area (Å²) in [5, 5.41) is 14.7.